The van der Waals surface area contributed by atoms with E-state index >= 15 is 0 Å². The zero-order valence-corrected chi connectivity index (χ0v) is 11.2. The van der Waals surface area contributed by atoms with E-state index in [0.29, 0.717) is 11.9 Å². The summed E-state index contributed by atoms with van der Waals surface area (Å²) >= 11 is 0. The summed E-state index contributed by atoms with van der Waals surface area (Å²) in [6.07, 6.45) is 1.83. The molecule has 4 nitrogen and oxygen atoms in total. The molecule has 4 heteroatoms. The van der Waals surface area contributed by atoms with Gasteiger partial charge in [0.2, 0.25) is 5.95 Å². The molecule has 0 aliphatic rings. The van der Waals surface area contributed by atoms with Gasteiger partial charge in [-0.3, -0.25) is 4.98 Å². The fourth-order valence-corrected chi connectivity index (χ4v) is 1.56. The van der Waals surface area contributed by atoms with Gasteiger partial charge in [0.15, 0.2) is 0 Å². The third kappa shape index (κ3) is 2.90. The Morgan fingerprint density at radius 2 is 1.82 bits per heavy atom. The molecule has 0 aliphatic carbocycles. The van der Waals surface area contributed by atoms with Crippen molar-refractivity contribution in [2.24, 2.45) is 0 Å². The summed E-state index contributed by atoms with van der Waals surface area (Å²) in [5, 5.41) is 0. The maximum atomic E-state index is 5.66. The number of nitrogen functional groups attached to an aromatic ring is 1. The number of aryl methyl sites for hydroxylation is 1. The van der Waals surface area contributed by atoms with Gasteiger partial charge in [-0.25, -0.2) is 9.97 Å². The van der Waals surface area contributed by atoms with Crippen LogP contribution in [-0.2, 0) is 0 Å². The van der Waals surface area contributed by atoms with Crippen LogP contribution in [0.25, 0.3) is 11.0 Å². The van der Waals surface area contributed by atoms with Crippen molar-refractivity contribution in [2.75, 3.05) is 5.73 Å². The van der Waals surface area contributed by atoms with E-state index in [1.54, 1.807) is 0 Å². The number of rotatable bonds is 1. The summed E-state index contributed by atoms with van der Waals surface area (Å²) < 4.78 is 0. The number of hydrogen-bond acceptors (Lipinski definition) is 4. The first kappa shape index (κ1) is 13.4. The van der Waals surface area contributed by atoms with Crippen LogP contribution in [0.4, 0.5) is 5.95 Å². The van der Waals surface area contributed by atoms with Gasteiger partial charge >= 0.3 is 0 Å². The number of pyridine rings is 1. The average molecular weight is 232 g/mol. The van der Waals surface area contributed by atoms with Gasteiger partial charge in [-0.2, -0.15) is 0 Å². The molecule has 0 bridgehead atoms. The Balaban J connectivity index is 0.000000686. The second-order valence-electron chi connectivity index (χ2n) is 4.00. The molecule has 0 radical (unpaired) electrons. The number of nitrogens with zero attached hydrogens (tertiary/aromatic N) is 3. The zero-order valence-electron chi connectivity index (χ0n) is 11.2. The molecule has 0 unspecified atom stereocenters. The highest BCUT2D eigenvalue weighted by Crippen LogP contribution is 2.21. The molecule has 0 aliphatic heterocycles. The summed E-state index contributed by atoms with van der Waals surface area (Å²) in [4.78, 5) is 12.8. The van der Waals surface area contributed by atoms with Gasteiger partial charge in [-0.15, -0.1) is 0 Å². The highest BCUT2D eigenvalue weighted by atomic mass is 15.0. The van der Waals surface area contributed by atoms with Crippen molar-refractivity contribution in [3.63, 3.8) is 0 Å². The van der Waals surface area contributed by atoms with Gasteiger partial charge < -0.3 is 5.73 Å². The highest BCUT2D eigenvalue weighted by molar-refractivity contribution is 5.78. The SMILES string of the molecule is CC.Cc1cnc2c(C(C)C)nc(N)nc2c1. The smallest absolute Gasteiger partial charge is 0.220 e. The number of nitrogens with two attached hydrogens (primary N) is 1. The summed E-state index contributed by atoms with van der Waals surface area (Å²) in [5.74, 6) is 0.617. The lowest BCUT2D eigenvalue weighted by molar-refractivity contribution is 0.827. The Morgan fingerprint density at radius 1 is 1.18 bits per heavy atom. The largest absolute Gasteiger partial charge is 0.368 e. The van der Waals surface area contributed by atoms with Crippen LogP contribution in [-0.4, -0.2) is 15.0 Å². The summed E-state index contributed by atoms with van der Waals surface area (Å²) in [5.41, 5.74) is 9.33. The van der Waals surface area contributed by atoms with E-state index in [9.17, 15) is 0 Å². The molecule has 2 aromatic heterocycles. The van der Waals surface area contributed by atoms with Crippen molar-refractivity contribution >= 4 is 17.0 Å². The minimum atomic E-state index is 0.299. The lowest BCUT2D eigenvalue weighted by Crippen LogP contribution is -2.03. The normalized spacial score (nSPS) is 10.2. The number of fused-ring (bicyclic) bond motifs is 1. The van der Waals surface area contributed by atoms with Crippen LogP contribution in [0.3, 0.4) is 0 Å². The maximum Gasteiger partial charge on any atom is 0.220 e. The maximum absolute atomic E-state index is 5.66. The highest BCUT2D eigenvalue weighted by Gasteiger charge is 2.10. The van der Waals surface area contributed by atoms with Gasteiger partial charge in [0.25, 0.3) is 0 Å². The van der Waals surface area contributed by atoms with Crippen molar-refractivity contribution in [3.05, 3.63) is 23.5 Å². The Bertz CT molecular complexity index is 501. The fraction of sp³-hybridized carbons (Fsp3) is 0.462. The Labute approximate surface area is 102 Å². The summed E-state index contributed by atoms with van der Waals surface area (Å²) in [6.45, 7) is 10.1. The molecule has 17 heavy (non-hydrogen) atoms. The van der Waals surface area contributed by atoms with Crippen LogP contribution in [0.5, 0.6) is 0 Å². The van der Waals surface area contributed by atoms with Crippen molar-refractivity contribution < 1.29 is 0 Å². The van der Waals surface area contributed by atoms with Crippen LogP contribution >= 0.6 is 0 Å². The van der Waals surface area contributed by atoms with Gasteiger partial charge in [-0.05, 0) is 24.5 Å². The molecule has 0 spiro atoms. The first-order valence-electron chi connectivity index (χ1n) is 5.97. The molecule has 0 saturated carbocycles. The van der Waals surface area contributed by atoms with E-state index in [1.165, 1.54) is 0 Å². The Morgan fingerprint density at radius 3 is 2.41 bits per heavy atom. The monoisotopic (exact) mass is 232 g/mol. The van der Waals surface area contributed by atoms with Gasteiger partial charge in [0.1, 0.15) is 5.52 Å². The first-order chi connectivity index (χ1) is 8.08. The van der Waals surface area contributed by atoms with Crippen LogP contribution in [0.2, 0.25) is 0 Å². The third-order valence-electron chi connectivity index (χ3n) is 2.26. The Kier molecular flexibility index (Phi) is 4.37. The molecular weight excluding hydrogens is 212 g/mol. The van der Waals surface area contributed by atoms with E-state index in [2.05, 4.69) is 28.8 Å². The minimum absolute atomic E-state index is 0.299. The molecular formula is C13H20N4. The quantitative estimate of drug-likeness (QED) is 0.820. The molecule has 2 aromatic rings. The molecule has 0 saturated heterocycles. The van der Waals surface area contributed by atoms with Crippen LogP contribution in [0, 0.1) is 6.92 Å². The van der Waals surface area contributed by atoms with Crippen molar-refractivity contribution in [2.45, 2.75) is 40.5 Å². The summed E-state index contributed by atoms with van der Waals surface area (Å²) in [6, 6.07) is 1.98. The topological polar surface area (TPSA) is 64.7 Å². The fourth-order valence-electron chi connectivity index (χ4n) is 1.56. The van der Waals surface area contributed by atoms with Crippen molar-refractivity contribution in [1.82, 2.24) is 15.0 Å². The van der Waals surface area contributed by atoms with E-state index < -0.39 is 0 Å². The zero-order chi connectivity index (χ0) is 13.0. The van der Waals surface area contributed by atoms with Crippen molar-refractivity contribution in [3.8, 4) is 0 Å². The standard InChI is InChI=1S/C11H14N4.C2H6/c1-6(2)9-10-8(14-11(12)15-9)4-7(3)5-13-10;1-2/h4-6H,1-3H3,(H2,12,14,15);1-2H3. The van der Waals surface area contributed by atoms with E-state index in [0.717, 1.165) is 22.3 Å². The number of anilines is 1. The number of aromatic nitrogens is 3. The predicted molar refractivity (Wildman–Crippen MR) is 71.9 cm³/mol. The van der Waals surface area contributed by atoms with Crippen LogP contribution in [0.15, 0.2) is 12.3 Å². The molecule has 92 valence electrons. The minimum Gasteiger partial charge on any atom is -0.368 e. The third-order valence-corrected chi connectivity index (χ3v) is 2.26. The Hall–Kier alpha value is -1.71. The van der Waals surface area contributed by atoms with E-state index in [4.69, 9.17) is 5.73 Å². The molecule has 2 heterocycles. The van der Waals surface area contributed by atoms with Crippen LogP contribution in [0.1, 0.15) is 44.9 Å². The molecule has 0 fully saturated rings. The second kappa shape index (κ2) is 5.57. The lowest BCUT2D eigenvalue weighted by atomic mass is 10.1. The lowest BCUT2D eigenvalue weighted by Gasteiger charge is -2.08. The van der Waals surface area contributed by atoms with E-state index in [-0.39, 0.29) is 0 Å². The van der Waals surface area contributed by atoms with Crippen LogP contribution < -0.4 is 5.73 Å². The van der Waals surface area contributed by atoms with Crippen molar-refractivity contribution in [1.29, 1.82) is 0 Å². The van der Waals surface area contributed by atoms with Gasteiger partial charge in [0.05, 0.1) is 11.2 Å². The molecule has 0 amide bonds. The van der Waals surface area contributed by atoms with Gasteiger partial charge in [0, 0.05) is 6.20 Å². The molecule has 2 N–H and O–H groups in total. The predicted octanol–water partition coefficient (Wildman–Crippen LogP) is 3.07. The first-order valence-corrected chi connectivity index (χ1v) is 5.97. The second-order valence-corrected chi connectivity index (χ2v) is 4.00. The van der Waals surface area contributed by atoms with Gasteiger partial charge in [-0.1, -0.05) is 27.7 Å². The summed E-state index contributed by atoms with van der Waals surface area (Å²) in [7, 11) is 0. The molecule has 2 rings (SSSR count). The van der Waals surface area contributed by atoms with E-state index in [1.807, 2.05) is 33.0 Å². The number of hydrogen-bond donors (Lipinski definition) is 1. The average Bonchev–Trinajstić information content (AvgIpc) is 2.29. The molecule has 0 atom stereocenters. The molecule has 0 aromatic carbocycles.